The van der Waals surface area contributed by atoms with Crippen molar-refractivity contribution in [1.82, 2.24) is 4.98 Å². The topological polar surface area (TPSA) is 45.2 Å². The van der Waals surface area contributed by atoms with E-state index in [9.17, 15) is 9.18 Å². The van der Waals surface area contributed by atoms with Gasteiger partial charge >= 0.3 is 0 Å². The monoisotopic (exact) mass is 375 g/mol. The zero-order valence-electron chi connectivity index (χ0n) is 15.7. The smallest absolute Gasteiger partial charge is 0.260 e. The Morgan fingerprint density at radius 2 is 1.93 bits per heavy atom. The van der Waals surface area contributed by atoms with Gasteiger partial charge in [0.2, 0.25) is 0 Å². The van der Waals surface area contributed by atoms with Gasteiger partial charge in [-0.2, -0.15) is 0 Å². The lowest BCUT2D eigenvalue weighted by Gasteiger charge is -2.22. The number of benzene rings is 2. The fourth-order valence-electron chi connectivity index (χ4n) is 3.67. The lowest BCUT2D eigenvalue weighted by molar-refractivity contribution is 0.0981. The summed E-state index contributed by atoms with van der Waals surface area (Å²) in [7, 11) is 0. The highest BCUT2D eigenvalue weighted by atomic mass is 19.1. The SMILES string of the molecule is CC1Cc2ccccc2N1C(=O)c1ccc(NCCc2ccccc2F)nc1. The van der Waals surface area contributed by atoms with Crippen LogP contribution < -0.4 is 10.2 Å². The highest BCUT2D eigenvalue weighted by Gasteiger charge is 2.31. The molecule has 1 amide bonds. The molecule has 3 aromatic rings. The molecule has 1 aliphatic rings. The third kappa shape index (κ3) is 3.60. The first-order valence-electron chi connectivity index (χ1n) is 9.48. The van der Waals surface area contributed by atoms with Crippen LogP contribution in [0.1, 0.15) is 28.4 Å². The molecule has 1 unspecified atom stereocenters. The number of carbonyl (C=O) groups is 1. The van der Waals surface area contributed by atoms with E-state index < -0.39 is 0 Å². The summed E-state index contributed by atoms with van der Waals surface area (Å²) in [5.74, 6) is 0.434. The maximum Gasteiger partial charge on any atom is 0.260 e. The van der Waals surface area contributed by atoms with Crippen LogP contribution >= 0.6 is 0 Å². The zero-order valence-corrected chi connectivity index (χ0v) is 15.7. The van der Waals surface area contributed by atoms with E-state index in [0.717, 1.165) is 12.1 Å². The predicted molar refractivity (Wildman–Crippen MR) is 109 cm³/mol. The van der Waals surface area contributed by atoms with Crippen molar-refractivity contribution in [3.8, 4) is 0 Å². The molecule has 1 atom stereocenters. The quantitative estimate of drug-likeness (QED) is 0.716. The van der Waals surface area contributed by atoms with Crippen LogP contribution in [0.4, 0.5) is 15.9 Å². The Morgan fingerprint density at radius 3 is 2.71 bits per heavy atom. The van der Waals surface area contributed by atoms with Gasteiger partial charge in [-0.25, -0.2) is 9.37 Å². The van der Waals surface area contributed by atoms with Crippen molar-refractivity contribution in [3.63, 3.8) is 0 Å². The van der Waals surface area contributed by atoms with Gasteiger partial charge in [-0.1, -0.05) is 36.4 Å². The Morgan fingerprint density at radius 1 is 1.14 bits per heavy atom. The second kappa shape index (κ2) is 7.80. The number of aromatic nitrogens is 1. The van der Waals surface area contributed by atoms with Gasteiger partial charge in [-0.3, -0.25) is 4.79 Å². The highest BCUT2D eigenvalue weighted by molar-refractivity contribution is 6.07. The van der Waals surface area contributed by atoms with Crippen LogP contribution in [-0.4, -0.2) is 23.5 Å². The number of nitrogens with zero attached hydrogens (tertiary/aromatic N) is 2. The van der Waals surface area contributed by atoms with E-state index in [1.165, 1.54) is 11.6 Å². The summed E-state index contributed by atoms with van der Waals surface area (Å²) >= 11 is 0. The number of rotatable bonds is 5. The number of hydrogen-bond donors (Lipinski definition) is 1. The van der Waals surface area contributed by atoms with Crippen molar-refractivity contribution in [2.24, 2.45) is 0 Å². The van der Waals surface area contributed by atoms with Crippen molar-refractivity contribution < 1.29 is 9.18 Å². The number of halogens is 1. The molecule has 0 saturated carbocycles. The Bertz CT molecular complexity index is 987. The number of carbonyl (C=O) groups excluding carboxylic acids is 1. The molecule has 2 aromatic carbocycles. The first kappa shape index (κ1) is 18.2. The first-order chi connectivity index (χ1) is 13.6. The average molecular weight is 375 g/mol. The summed E-state index contributed by atoms with van der Waals surface area (Å²) in [6.07, 6.45) is 3.03. The van der Waals surface area contributed by atoms with Crippen LogP contribution in [0, 0.1) is 5.82 Å². The third-order valence-corrected chi connectivity index (χ3v) is 5.09. The molecule has 0 aliphatic carbocycles. The van der Waals surface area contributed by atoms with Gasteiger partial charge in [0.1, 0.15) is 11.6 Å². The highest BCUT2D eigenvalue weighted by Crippen LogP contribution is 2.33. The summed E-state index contributed by atoms with van der Waals surface area (Å²) in [5, 5.41) is 3.18. The predicted octanol–water partition coefficient (Wildman–Crippen LogP) is 4.47. The van der Waals surface area contributed by atoms with Crippen molar-refractivity contribution >= 4 is 17.4 Å². The number of fused-ring (bicyclic) bond motifs is 1. The molecule has 0 radical (unpaired) electrons. The molecule has 28 heavy (non-hydrogen) atoms. The minimum atomic E-state index is -0.196. The van der Waals surface area contributed by atoms with Crippen molar-refractivity contribution in [3.05, 3.63) is 89.4 Å². The molecular formula is C23H22FN3O. The normalized spacial score (nSPS) is 15.4. The standard InChI is InChI=1S/C23H22FN3O/c1-16-14-18-7-3-5-9-21(18)27(16)23(28)19-10-11-22(26-15-19)25-13-12-17-6-2-4-8-20(17)24/h2-11,15-16H,12-14H2,1H3,(H,25,26). The largest absolute Gasteiger partial charge is 0.370 e. The van der Waals surface area contributed by atoms with Gasteiger partial charge in [0.15, 0.2) is 0 Å². The Kier molecular flexibility index (Phi) is 5.06. The fraction of sp³-hybridized carbons (Fsp3) is 0.217. The number of hydrogen-bond acceptors (Lipinski definition) is 3. The van der Waals surface area contributed by atoms with Crippen LogP contribution in [0.15, 0.2) is 66.9 Å². The molecule has 2 heterocycles. The minimum absolute atomic E-state index is 0.0390. The molecule has 0 spiro atoms. The molecule has 0 bridgehead atoms. The maximum atomic E-state index is 13.7. The number of pyridine rings is 1. The third-order valence-electron chi connectivity index (χ3n) is 5.09. The van der Waals surface area contributed by atoms with Crippen LogP contribution in [-0.2, 0) is 12.8 Å². The van der Waals surface area contributed by atoms with Gasteiger partial charge in [-0.15, -0.1) is 0 Å². The molecule has 5 heteroatoms. The van der Waals surface area contributed by atoms with E-state index in [1.807, 2.05) is 29.2 Å². The van der Waals surface area contributed by atoms with Gasteiger partial charge < -0.3 is 10.2 Å². The Labute approximate surface area is 164 Å². The van der Waals surface area contributed by atoms with Gasteiger partial charge in [0.25, 0.3) is 5.91 Å². The Balaban J connectivity index is 1.41. The molecule has 142 valence electrons. The summed E-state index contributed by atoms with van der Waals surface area (Å²) in [5.41, 5.74) is 3.40. The lowest BCUT2D eigenvalue weighted by atomic mass is 10.1. The summed E-state index contributed by atoms with van der Waals surface area (Å²) in [6.45, 7) is 2.63. The number of anilines is 2. The first-order valence-corrected chi connectivity index (χ1v) is 9.48. The summed E-state index contributed by atoms with van der Waals surface area (Å²) < 4.78 is 13.7. The molecule has 0 saturated heterocycles. The zero-order chi connectivity index (χ0) is 19.5. The molecule has 1 aromatic heterocycles. The molecule has 4 nitrogen and oxygen atoms in total. The maximum absolute atomic E-state index is 13.7. The molecule has 4 rings (SSSR count). The van der Waals surface area contributed by atoms with Crippen molar-refractivity contribution in [1.29, 1.82) is 0 Å². The minimum Gasteiger partial charge on any atom is -0.370 e. The summed E-state index contributed by atoms with van der Waals surface area (Å²) in [6, 6.07) is 18.5. The van der Waals surface area contributed by atoms with Gasteiger partial charge in [0.05, 0.1) is 5.56 Å². The van der Waals surface area contributed by atoms with Crippen LogP contribution in [0.25, 0.3) is 0 Å². The average Bonchev–Trinajstić information content (AvgIpc) is 3.05. The number of para-hydroxylation sites is 1. The van der Waals surface area contributed by atoms with E-state index >= 15 is 0 Å². The van der Waals surface area contributed by atoms with E-state index in [1.54, 1.807) is 30.5 Å². The lowest BCUT2D eigenvalue weighted by Crippen LogP contribution is -2.35. The van der Waals surface area contributed by atoms with E-state index in [-0.39, 0.29) is 17.8 Å². The molecule has 1 N–H and O–H groups in total. The second-order valence-corrected chi connectivity index (χ2v) is 7.06. The summed E-state index contributed by atoms with van der Waals surface area (Å²) in [4.78, 5) is 19.2. The van der Waals surface area contributed by atoms with E-state index in [0.29, 0.717) is 29.9 Å². The van der Waals surface area contributed by atoms with E-state index in [2.05, 4.69) is 23.3 Å². The van der Waals surface area contributed by atoms with E-state index in [4.69, 9.17) is 0 Å². The molecule has 1 aliphatic heterocycles. The van der Waals surface area contributed by atoms with Crippen molar-refractivity contribution in [2.75, 3.05) is 16.8 Å². The molecule has 0 fully saturated rings. The molecular weight excluding hydrogens is 353 g/mol. The van der Waals surface area contributed by atoms with Crippen LogP contribution in [0.3, 0.4) is 0 Å². The van der Waals surface area contributed by atoms with Gasteiger partial charge in [0, 0.05) is 24.5 Å². The second-order valence-electron chi connectivity index (χ2n) is 7.06. The van der Waals surface area contributed by atoms with Crippen LogP contribution in [0.2, 0.25) is 0 Å². The Hall–Kier alpha value is -3.21. The van der Waals surface area contributed by atoms with Crippen molar-refractivity contribution in [2.45, 2.75) is 25.8 Å². The van der Waals surface area contributed by atoms with Crippen LogP contribution in [0.5, 0.6) is 0 Å². The number of nitrogens with one attached hydrogen (secondary N) is 1. The fourth-order valence-corrected chi connectivity index (χ4v) is 3.67. The van der Waals surface area contributed by atoms with Gasteiger partial charge in [-0.05, 0) is 55.2 Å². The number of amides is 1.